The fraction of sp³-hybridized carbons (Fsp3) is 0.389. The predicted octanol–water partition coefficient (Wildman–Crippen LogP) is 2.24. The van der Waals surface area contributed by atoms with Crippen LogP contribution >= 0.6 is 22.9 Å². The first-order valence-corrected chi connectivity index (χ1v) is 11.7. The van der Waals surface area contributed by atoms with Crippen LogP contribution in [-0.2, 0) is 26.1 Å². The molecule has 1 aliphatic heterocycles. The highest BCUT2D eigenvalue weighted by atomic mass is 35.5. The zero-order chi connectivity index (χ0) is 20.3. The van der Waals surface area contributed by atoms with Gasteiger partial charge in [0, 0.05) is 30.2 Å². The van der Waals surface area contributed by atoms with Crippen molar-refractivity contribution < 1.29 is 17.9 Å². The summed E-state index contributed by atoms with van der Waals surface area (Å²) in [5, 5.41) is 0. The molecular formula is C18H22ClN3O4S2. The first-order chi connectivity index (χ1) is 13.2. The summed E-state index contributed by atoms with van der Waals surface area (Å²) in [4.78, 5) is 15.5. The maximum atomic E-state index is 12.2. The van der Waals surface area contributed by atoms with Crippen molar-refractivity contribution in [3.8, 4) is 0 Å². The summed E-state index contributed by atoms with van der Waals surface area (Å²) in [5.74, 6) is -1.10. The SMILES string of the molecule is CS(=O)(=O)Nc1ccc(C(C(N)=O)C2CN(Cc3ccc(Cl)s3)CCO2)cc1. The molecular weight excluding hydrogens is 422 g/mol. The van der Waals surface area contributed by atoms with Crippen molar-refractivity contribution in [1.82, 2.24) is 4.90 Å². The molecule has 152 valence electrons. The molecule has 0 radical (unpaired) electrons. The quantitative estimate of drug-likeness (QED) is 0.683. The number of carbonyl (C=O) groups is 1. The average molecular weight is 444 g/mol. The van der Waals surface area contributed by atoms with Crippen molar-refractivity contribution in [3.05, 3.63) is 51.2 Å². The number of halogens is 1. The average Bonchev–Trinajstić information content (AvgIpc) is 3.00. The molecule has 2 unspecified atom stereocenters. The number of sulfonamides is 1. The van der Waals surface area contributed by atoms with Crippen LogP contribution in [0.1, 0.15) is 16.4 Å². The van der Waals surface area contributed by atoms with Crippen molar-refractivity contribution in [2.45, 2.75) is 18.6 Å². The standard InChI is InChI=1S/C18H22ClN3O4S2/c1-28(24,25)21-13-4-2-12(3-5-13)17(18(20)23)15-11-22(8-9-26-15)10-14-6-7-16(19)27-14/h2-7,15,17,21H,8-11H2,1H3,(H2,20,23). The maximum absolute atomic E-state index is 12.2. The molecule has 2 heterocycles. The smallest absolute Gasteiger partial charge is 0.229 e. The molecule has 1 aromatic heterocycles. The minimum atomic E-state index is -3.36. The Balaban J connectivity index is 1.73. The molecule has 1 aromatic carbocycles. The number of nitrogens with zero attached hydrogens (tertiary/aromatic N) is 1. The number of nitrogens with two attached hydrogens (primary N) is 1. The molecule has 0 bridgehead atoms. The summed E-state index contributed by atoms with van der Waals surface area (Å²) in [6.07, 6.45) is 0.702. The molecule has 28 heavy (non-hydrogen) atoms. The van der Waals surface area contributed by atoms with Gasteiger partial charge in [-0.3, -0.25) is 14.4 Å². The van der Waals surface area contributed by atoms with Crippen LogP contribution in [0.2, 0.25) is 4.34 Å². The summed E-state index contributed by atoms with van der Waals surface area (Å²) in [6, 6.07) is 10.5. The van der Waals surface area contributed by atoms with Gasteiger partial charge < -0.3 is 10.5 Å². The van der Waals surface area contributed by atoms with E-state index in [1.165, 1.54) is 11.3 Å². The van der Waals surface area contributed by atoms with Crippen molar-refractivity contribution >= 4 is 44.6 Å². The lowest BCUT2D eigenvalue weighted by molar-refractivity contribution is -0.126. The van der Waals surface area contributed by atoms with Gasteiger partial charge in [-0.2, -0.15) is 0 Å². The number of anilines is 1. The Bertz CT molecular complexity index is 931. The molecule has 1 amide bonds. The van der Waals surface area contributed by atoms with E-state index in [4.69, 9.17) is 22.1 Å². The lowest BCUT2D eigenvalue weighted by Gasteiger charge is -2.36. The number of hydrogen-bond acceptors (Lipinski definition) is 6. The van der Waals surface area contributed by atoms with Crippen molar-refractivity contribution in [2.24, 2.45) is 5.73 Å². The van der Waals surface area contributed by atoms with Gasteiger partial charge in [-0.1, -0.05) is 23.7 Å². The lowest BCUT2D eigenvalue weighted by Crippen LogP contribution is -2.47. The van der Waals surface area contributed by atoms with Crippen LogP contribution in [0.3, 0.4) is 0 Å². The number of primary amides is 1. The lowest BCUT2D eigenvalue weighted by atomic mass is 9.91. The van der Waals surface area contributed by atoms with E-state index in [1.807, 2.05) is 12.1 Å². The molecule has 7 nitrogen and oxygen atoms in total. The van der Waals surface area contributed by atoms with Crippen LogP contribution in [0.25, 0.3) is 0 Å². The molecule has 0 aliphatic carbocycles. The van der Waals surface area contributed by atoms with Crippen molar-refractivity contribution in [2.75, 3.05) is 30.7 Å². The van der Waals surface area contributed by atoms with Gasteiger partial charge in [0.05, 0.1) is 29.2 Å². The van der Waals surface area contributed by atoms with Gasteiger partial charge in [-0.05, 0) is 29.8 Å². The summed E-state index contributed by atoms with van der Waals surface area (Å²) < 4.78 is 31.7. The number of rotatable bonds is 7. The third-order valence-electron chi connectivity index (χ3n) is 4.44. The van der Waals surface area contributed by atoms with Crippen molar-refractivity contribution in [3.63, 3.8) is 0 Å². The first-order valence-electron chi connectivity index (χ1n) is 8.66. The maximum Gasteiger partial charge on any atom is 0.229 e. The number of amides is 1. The van der Waals surface area contributed by atoms with E-state index in [0.717, 1.165) is 28.6 Å². The Hall–Kier alpha value is -1.65. The molecule has 3 rings (SSSR count). The molecule has 1 fully saturated rings. The molecule has 2 aromatic rings. The molecule has 0 spiro atoms. The highest BCUT2D eigenvalue weighted by molar-refractivity contribution is 7.92. The molecule has 3 N–H and O–H groups in total. The van der Waals surface area contributed by atoms with Gasteiger partial charge in [0.15, 0.2) is 0 Å². The number of benzene rings is 1. The van der Waals surface area contributed by atoms with Crippen LogP contribution < -0.4 is 10.5 Å². The Labute approximate surface area is 173 Å². The molecule has 1 aliphatic rings. The van der Waals surface area contributed by atoms with Gasteiger partial charge in [0.25, 0.3) is 0 Å². The number of hydrogen-bond donors (Lipinski definition) is 2. The van der Waals surface area contributed by atoms with E-state index in [-0.39, 0.29) is 6.10 Å². The third kappa shape index (κ3) is 5.68. The predicted molar refractivity (Wildman–Crippen MR) is 111 cm³/mol. The van der Waals surface area contributed by atoms with E-state index < -0.39 is 21.8 Å². The fourth-order valence-electron chi connectivity index (χ4n) is 3.27. The van der Waals surface area contributed by atoms with Crippen LogP contribution in [0, 0.1) is 0 Å². The Kier molecular flexibility index (Phi) is 6.61. The Morgan fingerprint density at radius 2 is 2.07 bits per heavy atom. The van der Waals surface area contributed by atoms with Gasteiger partial charge >= 0.3 is 0 Å². The second-order valence-electron chi connectivity index (χ2n) is 6.73. The molecule has 10 heteroatoms. The van der Waals surface area contributed by atoms with Crippen LogP contribution in [0.15, 0.2) is 36.4 Å². The number of morpholine rings is 1. The highest BCUT2D eigenvalue weighted by Crippen LogP contribution is 2.28. The van der Waals surface area contributed by atoms with Crippen LogP contribution in [-0.4, -0.2) is 51.3 Å². The highest BCUT2D eigenvalue weighted by Gasteiger charge is 2.33. The van der Waals surface area contributed by atoms with Crippen LogP contribution in [0.4, 0.5) is 5.69 Å². The Morgan fingerprint density at radius 1 is 1.36 bits per heavy atom. The minimum Gasteiger partial charge on any atom is -0.374 e. The first kappa shape index (κ1) is 21.1. The Morgan fingerprint density at radius 3 is 2.64 bits per heavy atom. The largest absolute Gasteiger partial charge is 0.374 e. The van der Waals surface area contributed by atoms with E-state index in [2.05, 4.69) is 9.62 Å². The molecule has 1 saturated heterocycles. The fourth-order valence-corrected chi connectivity index (χ4v) is 4.96. The molecule has 2 atom stereocenters. The summed E-state index contributed by atoms with van der Waals surface area (Å²) in [7, 11) is -3.36. The van der Waals surface area contributed by atoms with E-state index >= 15 is 0 Å². The second kappa shape index (κ2) is 8.79. The van der Waals surface area contributed by atoms with E-state index in [9.17, 15) is 13.2 Å². The minimum absolute atomic E-state index is 0.379. The number of ether oxygens (including phenoxy) is 1. The summed E-state index contributed by atoms with van der Waals surface area (Å²) in [6.45, 7) is 2.56. The number of nitrogens with one attached hydrogen (secondary N) is 1. The van der Waals surface area contributed by atoms with Gasteiger partial charge in [0.2, 0.25) is 15.9 Å². The topological polar surface area (TPSA) is 102 Å². The van der Waals surface area contributed by atoms with Gasteiger partial charge in [-0.25, -0.2) is 8.42 Å². The van der Waals surface area contributed by atoms with Crippen LogP contribution in [0.5, 0.6) is 0 Å². The normalized spacial score (nSPS) is 19.3. The number of thiophene rings is 1. The van der Waals surface area contributed by atoms with Gasteiger partial charge in [-0.15, -0.1) is 11.3 Å². The number of carbonyl (C=O) groups excluding carboxylic acids is 1. The summed E-state index contributed by atoms with van der Waals surface area (Å²) in [5.41, 5.74) is 6.79. The summed E-state index contributed by atoms with van der Waals surface area (Å²) >= 11 is 7.54. The monoisotopic (exact) mass is 443 g/mol. The van der Waals surface area contributed by atoms with Gasteiger partial charge in [0.1, 0.15) is 0 Å². The second-order valence-corrected chi connectivity index (χ2v) is 10.3. The third-order valence-corrected chi connectivity index (χ3v) is 6.26. The van der Waals surface area contributed by atoms with E-state index in [1.54, 1.807) is 24.3 Å². The zero-order valence-electron chi connectivity index (χ0n) is 15.3. The molecule has 0 saturated carbocycles. The zero-order valence-corrected chi connectivity index (χ0v) is 17.7. The van der Waals surface area contributed by atoms with Crippen molar-refractivity contribution in [1.29, 1.82) is 0 Å². The van der Waals surface area contributed by atoms with E-state index in [0.29, 0.717) is 24.4 Å².